The summed E-state index contributed by atoms with van der Waals surface area (Å²) in [5.41, 5.74) is -0.395. The predicted octanol–water partition coefficient (Wildman–Crippen LogP) is 1.07. The van der Waals surface area contributed by atoms with Crippen LogP contribution in [-0.2, 0) is 9.59 Å². The van der Waals surface area contributed by atoms with Crippen LogP contribution < -0.4 is 10.1 Å². The predicted molar refractivity (Wildman–Crippen MR) is 111 cm³/mol. The van der Waals surface area contributed by atoms with Gasteiger partial charge in [0, 0.05) is 58.0 Å². The zero-order valence-corrected chi connectivity index (χ0v) is 17.7. The van der Waals surface area contributed by atoms with Gasteiger partial charge in [-0.1, -0.05) is 12.1 Å². The third-order valence-electron chi connectivity index (χ3n) is 6.38. The Labute approximate surface area is 177 Å². The summed E-state index contributed by atoms with van der Waals surface area (Å²) >= 11 is 0. The van der Waals surface area contributed by atoms with Crippen molar-refractivity contribution in [1.29, 1.82) is 0 Å². The van der Waals surface area contributed by atoms with Crippen LogP contribution in [0.3, 0.4) is 0 Å². The highest BCUT2D eigenvalue weighted by molar-refractivity contribution is 5.98. The number of hydrogen-bond acceptors (Lipinski definition) is 5. The van der Waals surface area contributed by atoms with Crippen molar-refractivity contribution < 1.29 is 19.1 Å². The van der Waals surface area contributed by atoms with Crippen LogP contribution in [0, 0.1) is 0 Å². The Kier molecular flexibility index (Phi) is 5.69. The molecule has 1 N–H and O–H groups in total. The lowest BCUT2D eigenvalue weighted by molar-refractivity contribution is -0.141. The van der Waals surface area contributed by atoms with Crippen molar-refractivity contribution in [2.45, 2.75) is 44.9 Å². The quantitative estimate of drug-likeness (QED) is 0.800. The van der Waals surface area contributed by atoms with E-state index < -0.39 is 5.72 Å². The molecule has 3 amide bonds. The molecule has 162 valence electrons. The molecule has 1 unspecified atom stereocenters. The molecule has 0 saturated carbocycles. The van der Waals surface area contributed by atoms with Crippen molar-refractivity contribution >= 4 is 17.7 Å². The first kappa shape index (κ1) is 20.7. The first-order valence-corrected chi connectivity index (χ1v) is 10.8. The number of amides is 3. The number of benzene rings is 1. The highest BCUT2D eigenvalue weighted by Gasteiger charge is 2.43. The number of hydrogen-bond donors (Lipinski definition) is 1. The first-order valence-electron chi connectivity index (χ1n) is 10.8. The fourth-order valence-electron chi connectivity index (χ4n) is 4.43. The van der Waals surface area contributed by atoms with Crippen LogP contribution in [0.15, 0.2) is 24.3 Å². The summed E-state index contributed by atoms with van der Waals surface area (Å²) in [6, 6.07) is 7.60. The Morgan fingerprint density at radius 3 is 2.57 bits per heavy atom. The van der Waals surface area contributed by atoms with Crippen LogP contribution in [-0.4, -0.2) is 83.5 Å². The molecule has 30 heavy (non-hydrogen) atoms. The van der Waals surface area contributed by atoms with Crippen LogP contribution in [0.2, 0.25) is 0 Å². The maximum atomic E-state index is 12.8. The molecule has 3 heterocycles. The van der Waals surface area contributed by atoms with Crippen LogP contribution in [0.4, 0.5) is 0 Å². The molecule has 4 rings (SSSR count). The Morgan fingerprint density at radius 1 is 1.10 bits per heavy atom. The highest BCUT2D eigenvalue weighted by Crippen LogP contribution is 2.33. The third kappa shape index (κ3) is 4.14. The van der Waals surface area contributed by atoms with Crippen LogP contribution in [0.25, 0.3) is 0 Å². The fraction of sp³-hybridized carbons (Fsp3) is 0.591. The molecular formula is C22H30N4O4. The lowest BCUT2D eigenvalue weighted by Gasteiger charge is -2.38. The maximum Gasteiger partial charge on any atom is 0.258 e. The van der Waals surface area contributed by atoms with E-state index in [9.17, 15) is 14.4 Å². The summed E-state index contributed by atoms with van der Waals surface area (Å²) < 4.78 is 6.15. The Bertz CT molecular complexity index is 834. The smallest absolute Gasteiger partial charge is 0.258 e. The summed E-state index contributed by atoms with van der Waals surface area (Å²) in [4.78, 5) is 43.9. The van der Waals surface area contributed by atoms with Gasteiger partial charge in [-0.05, 0) is 26.0 Å². The van der Waals surface area contributed by atoms with Gasteiger partial charge < -0.3 is 19.9 Å². The molecule has 2 fully saturated rings. The van der Waals surface area contributed by atoms with E-state index in [0.29, 0.717) is 49.8 Å². The van der Waals surface area contributed by atoms with Crippen molar-refractivity contribution in [3.05, 3.63) is 29.8 Å². The molecule has 3 aliphatic rings. The molecule has 2 saturated heterocycles. The lowest BCUT2D eigenvalue weighted by Crippen LogP contribution is -2.56. The van der Waals surface area contributed by atoms with Gasteiger partial charge in [0.15, 0.2) is 5.72 Å². The van der Waals surface area contributed by atoms with Gasteiger partial charge in [-0.25, -0.2) is 0 Å². The van der Waals surface area contributed by atoms with Crippen LogP contribution >= 0.6 is 0 Å². The average molecular weight is 415 g/mol. The molecule has 1 spiro atoms. The molecule has 1 atom stereocenters. The topological polar surface area (TPSA) is 82.2 Å². The molecule has 0 radical (unpaired) electrons. The number of carbonyl (C=O) groups excluding carboxylic acids is 3. The molecule has 1 aromatic rings. The van der Waals surface area contributed by atoms with Gasteiger partial charge in [0.05, 0.1) is 12.1 Å². The van der Waals surface area contributed by atoms with Crippen molar-refractivity contribution in [1.82, 2.24) is 20.0 Å². The average Bonchev–Trinajstić information content (AvgIpc) is 2.88. The number of para-hydroxylation sites is 1. The normalized spacial score (nSPS) is 25.0. The van der Waals surface area contributed by atoms with Gasteiger partial charge in [-0.3, -0.25) is 19.3 Å². The number of nitrogens with zero attached hydrogens (tertiary/aromatic N) is 3. The summed E-state index contributed by atoms with van der Waals surface area (Å²) in [6.07, 6.45) is 1.08. The summed E-state index contributed by atoms with van der Waals surface area (Å²) in [5.74, 6) is 0.275. The largest absolute Gasteiger partial charge is 0.467 e. The Hall–Kier alpha value is -2.61. The number of likely N-dealkylation sites (tertiary alicyclic amines) is 1. The highest BCUT2D eigenvalue weighted by atomic mass is 16.5. The van der Waals surface area contributed by atoms with E-state index in [4.69, 9.17) is 4.74 Å². The number of nitrogens with one attached hydrogen (secondary N) is 1. The molecule has 0 aliphatic carbocycles. The van der Waals surface area contributed by atoms with Crippen molar-refractivity contribution in [2.75, 3.05) is 39.3 Å². The Balaban J connectivity index is 1.38. The minimum atomic E-state index is -0.901. The van der Waals surface area contributed by atoms with Gasteiger partial charge in [0.25, 0.3) is 5.91 Å². The summed E-state index contributed by atoms with van der Waals surface area (Å²) in [7, 11) is 0. The number of ether oxygens (including phenoxy) is 1. The second-order valence-electron chi connectivity index (χ2n) is 8.62. The molecule has 3 aliphatic heterocycles. The third-order valence-corrected chi connectivity index (χ3v) is 6.38. The van der Waals surface area contributed by atoms with E-state index in [1.165, 1.54) is 0 Å². The summed E-state index contributed by atoms with van der Waals surface area (Å²) in [6.45, 7) is 7.89. The summed E-state index contributed by atoms with van der Waals surface area (Å²) in [5, 5.41) is 2.96. The van der Waals surface area contributed by atoms with Gasteiger partial charge in [-0.2, -0.15) is 0 Å². The van der Waals surface area contributed by atoms with E-state index in [1.807, 2.05) is 11.0 Å². The van der Waals surface area contributed by atoms with Gasteiger partial charge in [0.1, 0.15) is 5.75 Å². The van der Waals surface area contributed by atoms with Gasteiger partial charge >= 0.3 is 0 Å². The lowest BCUT2D eigenvalue weighted by atomic mass is 10.0. The van der Waals surface area contributed by atoms with Crippen molar-refractivity contribution in [3.63, 3.8) is 0 Å². The second kappa shape index (κ2) is 8.26. The van der Waals surface area contributed by atoms with Crippen molar-refractivity contribution in [2.24, 2.45) is 0 Å². The van der Waals surface area contributed by atoms with Crippen molar-refractivity contribution in [3.8, 4) is 5.75 Å². The molecular weight excluding hydrogens is 384 g/mol. The van der Waals surface area contributed by atoms with E-state index in [1.54, 1.807) is 23.1 Å². The SMILES string of the molecule is CC(C)N1CCN(C(=O)CN2CCC3(CCC2=O)NC(=O)c2ccccc2O3)CC1. The number of carbonyl (C=O) groups is 3. The van der Waals surface area contributed by atoms with E-state index in [2.05, 4.69) is 24.1 Å². The Morgan fingerprint density at radius 2 is 1.83 bits per heavy atom. The van der Waals surface area contributed by atoms with Gasteiger partial charge in [-0.15, -0.1) is 0 Å². The fourth-order valence-corrected chi connectivity index (χ4v) is 4.43. The van der Waals surface area contributed by atoms with Gasteiger partial charge in [0.2, 0.25) is 11.8 Å². The van der Waals surface area contributed by atoms with E-state index in [-0.39, 0.29) is 30.7 Å². The van der Waals surface area contributed by atoms with Crippen LogP contribution in [0.5, 0.6) is 5.75 Å². The minimum Gasteiger partial charge on any atom is -0.467 e. The van der Waals surface area contributed by atoms with E-state index in [0.717, 1.165) is 13.1 Å². The molecule has 1 aromatic carbocycles. The molecule has 0 bridgehead atoms. The zero-order valence-electron chi connectivity index (χ0n) is 17.7. The van der Waals surface area contributed by atoms with Crippen LogP contribution in [0.1, 0.15) is 43.5 Å². The molecule has 0 aromatic heterocycles. The van der Waals surface area contributed by atoms with E-state index >= 15 is 0 Å². The molecule has 8 heteroatoms. The first-order chi connectivity index (χ1) is 14.4. The number of piperazine rings is 1. The zero-order chi connectivity index (χ0) is 21.3. The maximum absolute atomic E-state index is 12.8. The number of rotatable bonds is 3. The minimum absolute atomic E-state index is 0.0124. The number of fused-ring (bicyclic) bond motifs is 1. The second-order valence-corrected chi connectivity index (χ2v) is 8.62. The molecule has 8 nitrogen and oxygen atoms in total. The standard InChI is InChI=1S/C22H30N4O4/c1-16(2)24-11-13-25(14-12-24)20(28)15-26-10-9-22(8-7-19(26)27)23-21(29)17-5-3-4-6-18(17)30-22/h3-6,16H,7-15H2,1-2H3,(H,23,29). The monoisotopic (exact) mass is 414 g/mol.